The fourth-order valence-electron chi connectivity index (χ4n) is 3.45. The van der Waals surface area contributed by atoms with Crippen molar-refractivity contribution in [2.75, 3.05) is 12.4 Å². The molecule has 0 bridgehead atoms. The highest BCUT2D eigenvalue weighted by molar-refractivity contribution is 5.96. The molecule has 11 heteroatoms. The van der Waals surface area contributed by atoms with Crippen molar-refractivity contribution < 1.29 is 9.13 Å². The Morgan fingerprint density at radius 2 is 1.97 bits per heavy atom. The molecule has 0 fully saturated rings. The SMILES string of the molecule is COc1cc(F)c2nc(-c3c(NCc4ncccn4)c4nn(C)cc4[nH]c3=O)[nH]c2c1. The highest BCUT2D eigenvalue weighted by Crippen LogP contribution is 2.31. The van der Waals surface area contributed by atoms with Crippen molar-refractivity contribution in [1.29, 1.82) is 0 Å². The van der Waals surface area contributed by atoms with Gasteiger partial charge in [0, 0.05) is 37.8 Å². The Morgan fingerprint density at radius 1 is 1.16 bits per heavy atom. The van der Waals surface area contributed by atoms with E-state index >= 15 is 0 Å². The van der Waals surface area contributed by atoms with E-state index in [9.17, 15) is 9.18 Å². The van der Waals surface area contributed by atoms with Crippen LogP contribution in [0.15, 0.2) is 41.6 Å². The van der Waals surface area contributed by atoms with Crippen LogP contribution in [0, 0.1) is 5.82 Å². The molecule has 0 spiro atoms. The maximum atomic E-state index is 14.5. The monoisotopic (exact) mass is 420 g/mol. The summed E-state index contributed by atoms with van der Waals surface area (Å²) in [6, 6.07) is 4.58. The van der Waals surface area contributed by atoms with E-state index in [4.69, 9.17) is 4.74 Å². The Hall–Kier alpha value is -4.28. The van der Waals surface area contributed by atoms with Crippen LogP contribution in [-0.2, 0) is 13.6 Å². The highest BCUT2D eigenvalue weighted by atomic mass is 19.1. The van der Waals surface area contributed by atoms with Gasteiger partial charge in [0.25, 0.3) is 5.56 Å². The first-order chi connectivity index (χ1) is 15.0. The van der Waals surface area contributed by atoms with Gasteiger partial charge in [-0.1, -0.05) is 0 Å². The van der Waals surface area contributed by atoms with Crippen molar-refractivity contribution in [1.82, 2.24) is 34.7 Å². The van der Waals surface area contributed by atoms with Gasteiger partial charge in [-0.2, -0.15) is 5.10 Å². The molecule has 10 nitrogen and oxygen atoms in total. The molecule has 0 saturated heterocycles. The average molecular weight is 420 g/mol. The zero-order chi connectivity index (χ0) is 21.5. The molecule has 0 atom stereocenters. The molecular formula is C20H17FN8O2. The van der Waals surface area contributed by atoms with Crippen molar-refractivity contribution in [3.05, 3.63) is 58.8 Å². The first-order valence-electron chi connectivity index (χ1n) is 9.36. The molecule has 31 heavy (non-hydrogen) atoms. The number of pyridine rings is 1. The van der Waals surface area contributed by atoms with E-state index in [0.717, 1.165) is 0 Å². The van der Waals surface area contributed by atoms with Gasteiger partial charge < -0.3 is 20.0 Å². The lowest BCUT2D eigenvalue weighted by Gasteiger charge is -2.10. The van der Waals surface area contributed by atoms with E-state index in [2.05, 4.69) is 35.3 Å². The number of nitrogens with zero attached hydrogens (tertiary/aromatic N) is 5. The summed E-state index contributed by atoms with van der Waals surface area (Å²) >= 11 is 0. The maximum absolute atomic E-state index is 14.5. The number of H-pyrrole nitrogens is 2. The van der Waals surface area contributed by atoms with E-state index in [-0.39, 0.29) is 23.4 Å². The summed E-state index contributed by atoms with van der Waals surface area (Å²) in [6.07, 6.45) is 4.97. The second-order valence-corrected chi connectivity index (χ2v) is 6.88. The van der Waals surface area contributed by atoms with Crippen molar-refractivity contribution in [2.24, 2.45) is 7.05 Å². The zero-order valence-electron chi connectivity index (χ0n) is 16.6. The number of halogens is 1. The summed E-state index contributed by atoms with van der Waals surface area (Å²) in [6.45, 7) is 0.255. The first-order valence-corrected chi connectivity index (χ1v) is 9.36. The van der Waals surface area contributed by atoms with Crippen LogP contribution >= 0.6 is 0 Å². The van der Waals surface area contributed by atoms with Gasteiger partial charge in [-0.15, -0.1) is 0 Å². The van der Waals surface area contributed by atoms with Gasteiger partial charge in [0.1, 0.15) is 34.0 Å². The van der Waals surface area contributed by atoms with Crippen molar-refractivity contribution in [3.8, 4) is 17.1 Å². The molecule has 5 rings (SSSR count). The normalized spacial score (nSPS) is 11.3. The second-order valence-electron chi connectivity index (χ2n) is 6.88. The van der Waals surface area contributed by atoms with Crippen molar-refractivity contribution in [2.45, 2.75) is 6.54 Å². The second kappa shape index (κ2) is 7.20. The topological polar surface area (TPSA) is 126 Å². The number of aromatic nitrogens is 7. The van der Waals surface area contributed by atoms with Gasteiger partial charge in [0.05, 0.1) is 30.4 Å². The van der Waals surface area contributed by atoms with Crippen LogP contribution in [-0.4, -0.2) is 41.8 Å². The standard InChI is InChI=1S/C20H17FN8O2/c1-29-9-13-17(28-29)18(24-8-14-22-4-3-5-23-14)15(20(30)26-13)19-25-12-7-10(31-2)6-11(21)16(12)27-19/h3-7,9,24H,8H2,1-2H3,(H,25,27)(H,26,30). The smallest absolute Gasteiger partial charge is 0.261 e. The maximum Gasteiger partial charge on any atom is 0.261 e. The molecule has 0 unspecified atom stereocenters. The number of benzene rings is 1. The minimum absolute atomic E-state index is 0.105. The minimum Gasteiger partial charge on any atom is -0.497 e. The molecule has 0 radical (unpaired) electrons. The number of ether oxygens (including phenoxy) is 1. The van der Waals surface area contributed by atoms with Crippen LogP contribution in [0.25, 0.3) is 33.5 Å². The Balaban J connectivity index is 1.70. The Bertz CT molecular complexity index is 1470. The average Bonchev–Trinajstić information content (AvgIpc) is 3.35. The van der Waals surface area contributed by atoms with E-state index in [1.54, 1.807) is 42.5 Å². The Kier molecular flexibility index (Phi) is 4.35. The molecule has 0 aliphatic rings. The predicted molar refractivity (Wildman–Crippen MR) is 112 cm³/mol. The molecule has 0 aliphatic carbocycles. The quantitative estimate of drug-likeness (QED) is 0.398. The molecule has 4 heterocycles. The van der Waals surface area contributed by atoms with E-state index in [1.807, 2.05) is 0 Å². The number of nitrogens with one attached hydrogen (secondary N) is 3. The van der Waals surface area contributed by atoms with E-state index in [1.165, 1.54) is 13.2 Å². The molecule has 0 amide bonds. The number of hydrogen-bond donors (Lipinski definition) is 3. The molecule has 156 valence electrons. The largest absolute Gasteiger partial charge is 0.497 e. The number of fused-ring (bicyclic) bond motifs is 2. The number of imidazole rings is 1. The van der Waals surface area contributed by atoms with Gasteiger partial charge in [-0.3, -0.25) is 9.48 Å². The molecule has 4 aromatic heterocycles. The van der Waals surface area contributed by atoms with Gasteiger partial charge in [0.2, 0.25) is 0 Å². The third-order valence-corrected chi connectivity index (χ3v) is 4.82. The first kappa shape index (κ1) is 18.7. The lowest BCUT2D eigenvalue weighted by atomic mass is 10.2. The molecule has 1 aromatic carbocycles. The summed E-state index contributed by atoms with van der Waals surface area (Å²) < 4.78 is 21.2. The van der Waals surface area contributed by atoms with Crippen LogP contribution in [0.4, 0.5) is 10.1 Å². The summed E-state index contributed by atoms with van der Waals surface area (Å²) in [4.78, 5) is 31.6. The fourth-order valence-corrected chi connectivity index (χ4v) is 3.45. The van der Waals surface area contributed by atoms with Crippen molar-refractivity contribution in [3.63, 3.8) is 0 Å². The summed E-state index contributed by atoms with van der Waals surface area (Å²) in [5.41, 5.74) is 1.85. The van der Waals surface area contributed by atoms with Crippen LogP contribution in [0.1, 0.15) is 5.82 Å². The fraction of sp³-hybridized carbons (Fsp3) is 0.150. The molecule has 0 aliphatic heterocycles. The van der Waals surface area contributed by atoms with E-state index in [0.29, 0.717) is 33.8 Å². The number of aryl methyl sites for hydroxylation is 1. The van der Waals surface area contributed by atoms with Gasteiger partial charge in [-0.25, -0.2) is 19.3 Å². The van der Waals surface area contributed by atoms with Crippen molar-refractivity contribution >= 4 is 27.8 Å². The Morgan fingerprint density at radius 3 is 2.74 bits per heavy atom. The summed E-state index contributed by atoms with van der Waals surface area (Å²) in [5, 5.41) is 7.67. The van der Waals surface area contributed by atoms with Crippen LogP contribution in [0.3, 0.4) is 0 Å². The molecule has 0 saturated carbocycles. The van der Waals surface area contributed by atoms with Gasteiger partial charge >= 0.3 is 0 Å². The minimum atomic E-state index is -0.556. The van der Waals surface area contributed by atoms with E-state index < -0.39 is 11.4 Å². The van der Waals surface area contributed by atoms with Gasteiger partial charge in [-0.05, 0) is 6.07 Å². The predicted octanol–water partition coefficient (Wildman–Crippen LogP) is 2.35. The number of methoxy groups -OCH3 is 1. The summed E-state index contributed by atoms with van der Waals surface area (Å²) in [5.74, 6) is 0.527. The molecular weight excluding hydrogens is 403 g/mol. The van der Waals surface area contributed by atoms with Crippen LogP contribution < -0.4 is 15.6 Å². The zero-order valence-corrected chi connectivity index (χ0v) is 16.6. The van der Waals surface area contributed by atoms with Crippen LogP contribution in [0.2, 0.25) is 0 Å². The lowest BCUT2D eigenvalue weighted by Crippen LogP contribution is -2.15. The number of aromatic amines is 2. The third kappa shape index (κ3) is 3.25. The molecule has 3 N–H and O–H groups in total. The van der Waals surface area contributed by atoms with Crippen LogP contribution in [0.5, 0.6) is 5.75 Å². The number of hydrogen-bond acceptors (Lipinski definition) is 7. The lowest BCUT2D eigenvalue weighted by molar-refractivity contribution is 0.412. The number of anilines is 1. The van der Waals surface area contributed by atoms with Gasteiger partial charge in [0.15, 0.2) is 5.82 Å². The highest BCUT2D eigenvalue weighted by Gasteiger charge is 2.21. The molecule has 5 aromatic rings. The Labute approximate surface area is 174 Å². The third-order valence-electron chi connectivity index (χ3n) is 4.82. The number of rotatable bonds is 5. The summed E-state index contributed by atoms with van der Waals surface area (Å²) in [7, 11) is 3.20.